The third-order valence-electron chi connectivity index (χ3n) is 4.52. The van der Waals surface area contributed by atoms with Crippen LogP contribution in [-0.4, -0.2) is 11.1 Å². The first kappa shape index (κ1) is 16.3. The highest BCUT2D eigenvalue weighted by Crippen LogP contribution is 2.40. The standard InChI is InChI=1S/C23H16N2O3/c1-4-10-16(11-5-1)20-19(21(27-24-20)17-12-6-2-7-13-17)23-26-22(25-28-23)18-14-8-3-9-15-18/h1-15,23H. The van der Waals surface area contributed by atoms with Crippen molar-refractivity contribution in [2.45, 2.75) is 6.29 Å². The third kappa shape index (κ3) is 2.93. The Morgan fingerprint density at radius 2 is 1.21 bits per heavy atom. The quantitative estimate of drug-likeness (QED) is 0.483. The van der Waals surface area contributed by atoms with E-state index in [0.29, 0.717) is 22.9 Å². The summed E-state index contributed by atoms with van der Waals surface area (Å²) in [5.41, 5.74) is 4.06. The van der Waals surface area contributed by atoms with Gasteiger partial charge in [-0.15, -0.1) is 0 Å². The summed E-state index contributed by atoms with van der Waals surface area (Å²) < 4.78 is 11.8. The van der Waals surface area contributed by atoms with Gasteiger partial charge in [0.2, 0.25) is 0 Å². The van der Waals surface area contributed by atoms with E-state index >= 15 is 0 Å². The van der Waals surface area contributed by atoms with Crippen LogP contribution in [0, 0.1) is 0 Å². The van der Waals surface area contributed by atoms with Crippen molar-refractivity contribution in [1.82, 2.24) is 5.16 Å². The van der Waals surface area contributed by atoms with E-state index in [1.54, 1.807) is 0 Å². The van der Waals surface area contributed by atoms with Gasteiger partial charge in [-0.1, -0.05) is 84.0 Å². The monoisotopic (exact) mass is 368 g/mol. The minimum absolute atomic E-state index is 0.435. The molecule has 5 rings (SSSR count). The van der Waals surface area contributed by atoms with Crippen molar-refractivity contribution in [2.24, 2.45) is 5.16 Å². The molecule has 0 saturated carbocycles. The molecule has 0 radical (unpaired) electrons. The largest absolute Gasteiger partial charge is 0.428 e. The number of benzene rings is 3. The predicted molar refractivity (Wildman–Crippen MR) is 105 cm³/mol. The van der Waals surface area contributed by atoms with Gasteiger partial charge in [-0.2, -0.15) is 0 Å². The second-order valence-corrected chi connectivity index (χ2v) is 6.32. The number of nitrogens with zero attached hydrogens (tertiary/aromatic N) is 2. The van der Waals surface area contributed by atoms with Gasteiger partial charge in [-0.3, -0.25) is 0 Å². The third-order valence-corrected chi connectivity index (χ3v) is 4.52. The summed E-state index contributed by atoms with van der Waals surface area (Å²) in [6.07, 6.45) is -0.744. The molecule has 0 aliphatic carbocycles. The molecule has 0 spiro atoms. The Labute approximate surface area is 161 Å². The highest BCUT2D eigenvalue weighted by atomic mass is 16.8. The van der Waals surface area contributed by atoms with Crippen LogP contribution in [0.25, 0.3) is 22.6 Å². The number of rotatable bonds is 4. The van der Waals surface area contributed by atoms with Crippen molar-refractivity contribution in [3.63, 3.8) is 0 Å². The molecule has 0 fully saturated rings. The van der Waals surface area contributed by atoms with Gasteiger partial charge >= 0.3 is 0 Å². The first-order chi connectivity index (χ1) is 13.9. The van der Waals surface area contributed by atoms with Crippen LogP contribution in [0.5, 0.6) is 0 Å². The average molecular weight is 368 g/mol. The molecule has 5 heteroatoms. The molecule has 1 unspecified atom stereocenters. The van der Waals surface area contributed by atoms with Gasteiger partial charge in [-0.05, 0) is 17.3 Å². The van der Waals surface area contributed by atoms with Crippen LogP contribution in [-0.2, 0) is 9.57 Å². The summed E-state index contributed by atoms with van der Waals surface area (Å²) >= 11 is 0. The SMILES string of the molecule is c1ccc(C2=NOC(c3c(-c4ccccc4)noc3-c3ccccc3)O2)cc1. The molecular weight excluding hydrogens is 352 g/mol. The number of hydrogen-bond donors (Lipinski definition) is 0. The summed E-state index contributed by atoms with van der Waals surface area (Å²) in [6, 6.07) is 29.3. The highest BCUT2D eigenvalue weighted by Gasteiger charge is 2.34. The van der Waals surface area contributed by atoms with Gasteiger partial charge in [0.25, 0.3) is 12.2 Å². The molecule has 1 aromatic heterocycles. The molecule has 1 atom stereocenters. The Kier molecular flexibility index (Phi) is 4.10. The van der Waals surface area contributed by atoms with Crippen LogP contribution in [0.1, 0.15) is 17.4 Å². The van der Waals surface area contributed by atoms with Gasteiger partial charge in [0, 0.05) is 16.7 Å². The Bertz CT molecular complexity index is 1050. The molecule has 136 valence electrons. The molecular formula is C23H16N2O3. The lowest BCUT2D eigenvalue weighted by Crippen LogP contribution is -2.07. The van der Waals surface area contributed by atoms with Gasteiger partial charge < -0.3 is 14.1 Å². The maximum absolute atomic E-state index is 6.04. The van der Waals surface area contributed by atoms with Gasteiger partial charge in [-0.25, -0.2) is 0 Å². The minimum Gasteiger partial charge on any atom is -0.428 e. The maximum Gasteiger partial charge on any atom is 0.299 e. The lowest BCUT2D eigenvalue weighted by Gasteiger charge is -2.11. The van der Waals surface area contributed by atoms with E-state index in [9.17, 15) is 0 Å². The van der Waals surface area contributed by atoms with Crippen LogP contribution >= 0.6 is 0 Å². The molecule has 0 N–H and O–H groups in total. The number of ether oxygens (including phenoxy) is 1. The molecule has 4 aromatic rings. The van der Waals surface area contributed by atoms with Gasteiger partial charge in [0.05, 0.1) is 0 Å². The Balaban J connectivity index is 1.57. The smallest absolute Gasteiger partial charge is 0.299 e. The predicted octanol–water partition coefficient (Wildman–Crippen LogP) is 5.42. The van der Waals surface area contributed by atoms with Gasteiger partial charge in [0.15, 0.2) is 5.76 Å². The van der Waals surface area contributed by atoms with E-state index in [1.807, 2.05) is 91.0 Å². The Hall–Kier alpha value is -3.86. The fraction of sp³-hybridized carbons (Fsp3) is 0.0435. The Morgan fingerprint density at radius 3 is 1.86 bits per heavy atom. The lowest BCUT2D eigenvalue weighted by molar-refractivity contribution is -0.0493. The first-order valence-corrected chi connectivity index (χ1v) is 8.96. The summed E-state index contributed by atoms with van der Waals surface area (Å²) in [5.74, 6) is 1.04. The van der Waals surface area contributed by atoms with E-state index in [2.05, 4.69) is 10.3 Å². The van der Waals surface area contributed by atoms with E-state index in [4.69, 9.17) is 14.1 Å². The van der Waals surface area contributed by atoms with Crippen LogP contribution in [0.2, 0.25) is 0 Å². The molecule has 28 heavy (non-hydrogen) atoms. The second-order valence-electron chi connectivity index (χ2n) is 6.32. The molecule has 1 aliphatic heterocycles. The van der Waals surface area contributed by atoms with Crippen molar-refractivity contribution in [3.8, 4) is 22.6 Å². The fourth-order valence-corrected chi connectivity index (χ4v) is 3.17. The molecule has 0 amide bonds. The molecule has 0 bridgehead atoms. The van der Waals surface area contributed by atoms with Crippen LogP contribution < -0.4 is 0 Å². The second kappa shape index (κ2) is 7.04. The van der Waals surface area contributed by atoms with Crippen LogP contribution in [0.3, 0.4) is 0 Å². The summed E-state index contributed by atoms with van der Waals surface area (Å²) in [7, 11) is 0. The summed E-state index contributed by atoms with van der Waals surface area (Å²) in [5, 5.41) is 8.46. The van der Waals surface area contributed by atoms with E-state index in [-0.39, 0.29) is 0 Å². The number of oxime groups is 1. The normalized spacial score (nSPS) is 15.6. The van der Waals surface area contributed by atoms with Crippen molar-refractivity contribution < 1.29 is 14.1 Å². The van der Waals surface area contributed by atoms with E-state index < -0.39 is 6.29 Å². The highest BCUT2D eigenvalue weighted by molar-refractivity contribution is 5.94. The molecule has 3 aromatic carbocycles. The zero-order valence-corrected chi connectivity index (χ0v) is 14.9. The van der Waals surface area contributed by atoms with Crippen molar-refractivity contribution >= 4 is 5.90 Å². The van der Waals surface area contributed by atoms with Crippen LogP contribution in [0.4, 0.5) is 0 Å². The maximum atomic E-state index is 6.04. The minimum atomic E-state index is -0.744. The number of aromatic nitrogens is 1. The van der Waals surface area contributed by atoms with Crippen molar-refractivity contribution in [3.05, 3.63) is 102 Å². The number of hydrogen-bond acceptors (Lipinski definition) is 5. The zero-order chi connectivity index (χ0) is 18.8. The first-order valence-electron chi connectivity index (χ1n) is 8.96. The topological polar surface area (TPSA) is 56.9 Å². The van der Waals surface area contributed by atoms with E-state index in [0.717, 1.165) is 16.7 Å². The van der Waals surface area contributed by atoms with Gasteiger partial charge in [0.1, 0.15) is 11.3 Å². The molecule has 1 aliphatic rings. The molecule has 2 heterocycles. The zero-order valence-electron chi connectivity index (χ0n) is 14.9. The fourth-order valence-electron chi connectivity index (χ4n) is 3.17. The summed E-state index contributed by atoms with van der Waals surface area (Å²) in [6.45, 7) is 0. The average Bonchev–Trinajstić information content (AvgIpc) is 3.43. The lowest BCUT2D eigenvalue weighted by atomic mass is 10.0. The van der Waals surface area contributed by atoms with E-state index in [1.165, 1.54) is 0 Å². The van der Waals surface area contributed by atoms with Crippen molar-refractivity contribution in [1.29, 1.82) is 0 Å². The van der Waals surface area contributed by atoms with Crippen LogP contribution in [0.15, 0.2) is 101 Å². The Morgan fingerprint density at radius 1 is 0.643 bits per heavy atom. The summed E-state index contributed by atoms with van der Waals surface area (Å²) in [4.78, 5) is 5.65. The van der Waals surface area contributed by atoms with Crippen molar-refractivity contribution in [2.75, 3.05) is 0 Å². The molecule has 0 saturated heterocycles. The molecule has 5 nitrogen and oxygen atoms in total.